The lowest BCUT2D eigenvalue weighted by Gasteiger charge is -2.06. The molecule has 2 aromatic rings. The fraction of sp³-hybridized carbons (Fsp3) is 0.111. The van der Waals surface area contributed by atoms with Gasteiger partial charge in [-0.3, -0.25) is 14.9 Å². The van der Waals surface area contributed by atoms with E-state index in [4.69, 9.17) is 9.47 Å². The molecule has 8 heteroatoms. The van der Waals surface area contributed by atoms with E-state index in [0.717, 1.165) is 5.56 Å². The Morgan fingerprint density at radius 1 is 1.19 bits per heavy atom. The van der Waals surface area contributed by atoms with Crippen LogP contribution in [0.5, 0.6) is 5.75 Å². The van der Waals surface area contributed by atoms with Crippen LogP contribution in [0, 0.1) is 10.1 Å². The van der Waals surface area contributed by atoms with Crippen molar-refractivity contribution < 1.29 is 24.0 Å². The van der Waals surface area contributed by atoms with Gasteiger partial charge in [0.1, 0.15) is 11.4 Å². The van der Waals surface area contributed by atoms with E-state index in [0.29, 0.717) is 5.75 Å². The van der Waals surface area contributed by atoms with Crippen LogP contribution in [0.25, 0.3) is 6.08 Å². The van der Waals surface area contributed by atoms with Crippen molar-refractivity contribution in [3.05, 3.63) is 70.3 Å². The van der Waals surface area contributed by atoms with Crippen molar-refractivity contribution in [1.82, 2.24) is 0 Å². The third-order valence-corrected chi connectivity index (χ3v) is 3.23. The molecule has 1 amide bonds. The second-order valence-electron chi connectivity index (χ2n) is 5.04. The molecule has 0 unspecified atom stereocenters. The van der Waals surface area contributed by atoms with E-state index >= 15 is 0 Å². The van der Waals surface area contributed by atoms with Crippen LogP contribution in [-0.2, 0) is 14.3 Å². The van der Waals surface area contributed by atoms with E-state index in [1.54, 1.807) is 30.3 Å². The number of nitrogens with one attached hydrogen (secondary N) is 1. The maximum atomic E-state index is 11.8. The third kappa shape index (κ3) is 5.45. The average molecular weight is 356 g/mol. The number of hydrogen-bond donors (Lipinski definition) is 1. The summed E-state index contributed by atoms with van der Waals surface area (Å²) in [6.07, 6.45) is 2.69. The van der Waals surface area contributed by atoms with Gasteiger partial charge in [0.05, 0.1) is 12.0 Å². The number of hydrogen-bond acceptors (Lipinski definition) is 6. The number of para-hydroxylation sites is 2. The molecule has 0 spiro atoms. The number of ether oxygens (including phenoxy) is 2. The smallest absolute Gasteiger partial charge is 0.331 e. The van der Waals surface area contributed by atoms with E-state index < -0.39 is 23.4 Å². The Bertz CT molecular complexity index is 847. The lowest BCUT2D eigenvalue weighted by molar-refractivity contribution is -0.383. The highest BCUT2D eigenvalue weighted by Crippen LogP contribution is 2.22. The highest BCUT2D eigenvalue weighted by atomic mass is 16.6. The lowest BCUT2D eigenvalue weighted by Crippen LogP contribution is -2.20. The zero-order valence-corrected chi connectivity index (χ0v) is 13.9. The fourth-order valence-corrected chi connectivity index (χ4v) is 2.02. The third-order valence-electron chi connectivity index (χ3n) is 3.23. The summed E-state index contributed by atoms with van der Waals surface area (Å²) in [7, 11) is 1.53. The van der Waals surface area contributed by atoms with Gasteiger partial charge in [0.2, 0.25) is 0 Å². The first-order valence-electron chi connectivity index (χ1n) is 7.52. The molecule has 8 nitrogen and oxygen atoms in total. The molecule has 0 saturated heterocycles. The van der Waals surface area contributed by atoms with Crippen molar-refractivity contribution in [2.45, 2.75) is 0 Å². The number of amides is 1. The van der Waals surface area contributed by atoms with Crippen LogP contribution in [0.3, 0.4) is 0 Å². The Labute approximate surface area is 149 Å². The van der Waals surface area contributed by atoms with Gasteiger partial charge >= 0.3 is 5.97 Å². The number of esters is 1. The number of benzene rings is 2. The van der Waals surface area contributed by atoms with Crippen molar-refractivity contribution in [2.24, 2.45) is 0 Å². The van der Waals surface area contributed by atoms with Gasteiger partial charge in [0.15, 0.2) is 6.61 Å². The van der Waals surface area contributed by atoms with Crippen LogP contribution in [0.15, 0.2) is 54.6 Å². The minimum absolute atomic E-state index is 0.0328. The van der Waals surface area contributed by atoms with Crippen LogP contribution in [0.2, 0.25) is 0 Å². The molecule has 2 aromatic carbocycles. The van der Waals surface area contributed by atoms with Crippen LogP contribution >= 0.6 is 0 Å². The van der Waals surface area contributed by atoms with Crippen LogP contribution in [0.1, 0.15) is 5.56 Å². The minimum atomic E-state index is -0.717. The van der Waals surface area contributed by atoms with Crippen molar-refractivity contribution >= 4 is 29.3 Å². The zero-order valence-electron chi connectivity index (χ0n) is 13.9. The lowest BCUT2D eigenvalue weighted by atomic mass is 10.2. The minimum Gasteiger partial charge on any atom is -0.497 e. The van der Waals surface area contributed by atoms with Crippen molar-refractivity contribution in [3.63, 3.8) is 0 Å². The predicted octanol–water partition coefficient (Wildman–Crippen LogP) is 2.80. The van der Waals surface area contributed by atoms with Crippen molar-refractivity contribution in [3.8, 4) is 5.75 Å². The second-order valence-corrected chi connectivity index (χ2v) is 5.04. The second kappa shape index (κ2) is 8.97. The number of carbonyl (C=O) groups is 2. The Hall–Kier alpha value is -3.68. The Kier molecular flexibility index (Phi) is 6.44. The summed E-state index contributed by atoms with van der Waals surface area (Å²) in [5.41, 5.74) is 0.515. The number of anilines is 1. The van der Waals surface area contributed by atoms with Crippen molar-refractivity contribution in [1.29, 1.82) is 0 Å². The number of carbonyl (C=O) groups excluding carboxylic acids is 2. The molecule has 2 rings (SSSR count). The van der Waals surface area contributed by atoms with Gasteiger partial charge in [-0.15, -0.1) is 0 Å². The molecule has 0 aliphatic carbocycles. The zero-order chi connectivity index (χ0) is 18.9. The highest BCUT2D eigenvalue weighted by Gasteiger charge is 2.15. The first-order chi connectivity index (χ1) is 12.5. The quantitative estimate of drug-likeness (QED) is 0.354. The van der Waals surface area contributed by atoms with Crippen LogP contribution < -0.4 is 10.1 Å². The molecule has 26 heavy (non-hydrogen) atoms. The van der Waals surface area contributed by atoms with Gasteiger partial charge in [-0.2, -0.15) is 0 Å². The van der Waals surface area contributed by atoms with Gasteiger partial charge in [0.25, 0.3) is 11.6 Å². The molecule has 0 aromatic heterocycles. The SMILES string of the molecule is COc1cccc(/C=C/C(=O)OCC(=O)Nc2ccccc2[N+](=O)[O-])c1. The summed E-state index contributed by atoms with van der Waals surface area (Å²) in [6, 6.07) is 12.7. The number of nitro benzene ring substituents is 1. The summed E-state index contributed by atoms with van der Waals surface area (Å²) in [5, 5.41) is 13.2. The van der Waals surface area contributed by atoms with Crippen LogP contribution in [-0.4, -0.2) is 30.5 Å². The maximum Gasteiger partial charge on any atom is 0.331 e. The molecule has 0 aliphatic heterocycles. The summed E-state index contributed by atoms with van der Waals surface area (Å²) < 4.78 is 9.89. The Morgan fingerprint density at radius 3 is 2.69 bits per heavy atom. The normalized spacial score (nSPS) is 10.3. The highest BCUT2D eigenvalue weighted by molar-refractivity contribution is 5.96. The molecule has 0 atom stereocenters. The largest absolute Gasteiger partial charge is 0.497 e. The van der Waals surface area contributed by atoms with Gasteiger partial charge in [-0.1, -0.05) is 24.3 Å². The number of nitro groups is 1. The molecule has 0 fully saturated rings. The van der Waals surface area contributed by atoms with Crippen LogP contribution in [0.4, 0.5) is 11.4 Å². The monoisotopic (exact) mass is 356 g/mol. The molecule has 0 saturated carbocycles. The molecule has 0 aliphatic rings. The first kappa shape index (κ1) is 18.7. The van der Waals surface area contributed by atoms with Gasteiger partial charge in [-0.25, -0.2) is 4.79 Å². The summed E-state index contributed by atoms with van der Waals surface area (Å²) in [6.45, 7) is -0.562. The van der Waals surface area contributed by atoms with E-state index in [1.165, 1.54) is 37.5 Å². The van der Waals surface area contributed by atoms with E-state index in [1.807, 2.05) is 0 Å². The summed E-state index contributed by atoms with van der Waals surface area (Å²) in [5.74, 6) is -0.752. The number of methoxy groups -OCH3 is 1. The summed E-state index contributed by atoms with van der Waals surface area (Å²) in [4.78, 5) is 33.7. The summed E-state index contributed by atoms with van der Waals surface area (Å²) >= 11 is 0. The molecule has 0 radical (unpaired) electrons. The predicted molar refractivity (Wildman–Crippen MR) is 94.7 cm³/mol. The van der Waals surface area contributed by atoms with Gasteiger partial charge in [-0.05, 0) is 29.8 Å². The molecule has 134 valence electrons. The standard InChI is InChI=1S/C18H16N2O6/c1-25-14-6-4-5-13(11-14)9-10-18(22)26-12-17(21)19-15-7-2-3-8-16(15)20(23)24/h2-11H,12H2,1H3,(H,19,21)/b10-9+. The number of rotatable bonds is 7. The first-order valence-corrected chi connectivity index (χ1v) is 7.52. The van der Waals surface area contributed by atoms with Gasteiger partial charge < -0.3 is 14.8 Å². The number of nitrogens with zero attached hydrogens (tertiary/aromatic N) is 1. The molecule has 0 heterocycles. The van der Waals surface area contributed by atoms with Crippen molar-refractivity contribution in [2.75, 3.05) is 19.0 Å². The molecule has 1 N–H and O–H groups in total. The Morgan fingerprint density at radius 2 is 1.96 bits per heavy atom. The fourth-order valence-electron chi connectivity index (χ4n) is 2.02. The average Bonchev–Trinajstić information content (AvgIpc) is 2.65. The van der Waals surface area contributed by atoms with E-state index in [2.05, 4.69) is 5.32 Å². The maximum absolute atomic E-state index is 11.8. The molecular formula is C18H16N2O6. The van der Waals surface area contributed by atoms with E-state index in [9.17, 15) is 19.7 Å². The molecule has 0 bridgehead atoms. The topological polar surface area (TPSA) is 108 Å². The molecular weight excluding hydrogens is 340 g/mol. The Balaban J connectivity index is 1.88. The van der Waals surface area contributed by atoms with E-state index in [-0.39, 0.29) is 11.4 Å². The van der Waals surface area contributed by atoms with Gasteiger partial charge in [0, 0.05) is 12.1 Å².